The summed E-state index contributed by atoms with van der Waals surface area (Å²) in [5, 5.41) is 5.97. The molecule has 1 saturated heterocycles. The van der Waals surface area contributed by atoms with E-state index in [9.17, 15) is 14.4 Å². The second-order valence-corrected chi connectivity index (χ2v) is 9.43. The molecule has 0 bridgehead atoms. The number of benzene rings is 1. The van der Waals surface area contributed by atoms with Crippen LogP contribution in [0.3, 0.4) is 0 Å². The number of hydrogen-bond donors (Lipinski definition) is 2. The minimum Gasteiger partial charge on any atom is -0.490 e. The summed E-state index contributed by atoms with van der Waals surface area (Å²) < 4.78 is 12.3. The minimum atomic E-state index is -0.297. The molecule has 1 aromatic carbocycles. The Bertz CT molecular complexity index is 883. The van der Waals surface area contributed by atoms with E-state index in [0.29, 0.717) is 42.5 Å². The molecule has 3 amide bonds. The van der Waals surface area contributed by atoms with Crippen molar-refractivity contribution in [2.24, 2.45) is 0 Å². The lowest BCUT2D eigenvalue weighted by Crippen LogP contribution is -2.54. The number of anilines is 1. The van der Waals surface area contributed by atoms with Crippen molar-refractivity contribution in [2.75, 3.05) is 19.0 Å². The Labute approximate surface area is 195 Å². The molecular weight excluding hydrogens is 422 g/mol. The van der Waals surface area contributed by atoms with Crippen LogP contribution in [-0.4, -0.2) is 60.6 Å². The Morgan fingerprint density at radius 1 is 1.12 bits per heavy atom. The van der Waals surface area contributed by atoms with Crippen LogP contribution in [0.1, 0.15) is 75.1 Å². The molecule has 3 atom stereocenters. The quantitative estimate of drug-likeness (QED) is 0.684. The van der Waals surface area contributed by atoms with Crippen LogP contribution < -0.4 is 15.4 Å². The largest absolute Gasteiger partial charge is 0.490 e. The molecule has 2 fully saturated rings. The fourth-order valence-corrected chi connectivity index (χ4v) is 5.12. The number of fused-ring (bicyclic) bond motifs is 2. The number of nitrogens with zero attached hydrogens (tertiary/aromatic N) is 1. The van der Waals surface area contributed by atoms with Crippen LogP contribution in [0.5, 0.6) is 5.75 Å². The Kier molecular flexibility index (Phi) is 7.53. The average Bonchev–Trinajstić information content (AvgIpc) is 3.29. The van der Waals surface area contributed by atoms with Gasteiger partial charge in [0.05, 0.1) is 24.1 Å². The summed E-state index contributed by atoms with van der Waals surface area (Å²) in [5.41, 5.74) is 1.02. The molecule has 4 rings (SSSR count). The number of ether oxygens (including phenoxy) is 2. The number of rotatable bonds is 6. The minimum absolute atomic E-state index is 0.0459. The van der Waals surface area contributed by atoms with E-state index in [1.54, 1.807) is 30.1 Å². The van der Waals surface area contributed by atoms with Crippen LogP contribution in [0.25, 0.3) is 0 Å². The predicted molar refractivity (Wildman–Crippen MR) is 124 cm³/mol. The van der Waals surface area contributed by atoms with E-state index < -0.39 is 0 Å². The van der Waals surface area contributed by atoms with Gasteiger partial charge in [-0.25, -0.2) is 0 Å². The third-order valence-corrected chi connectivity index (χ3v) is 6.91. The van der Waals surface area contributed by atoms with Crippen LogP contribution >= 0.6 is 0 Å². The molecule has 0 radical (unpaired) electrons. The van der Waals surface area contributed by atoms with Crippen molar-refractivity contribution in [3.05, 3.63) is 23.8 Å². The van der Waals surface area contributed by atoms with Crippen LogP contribution in [0.4, 0.5) is 5.69 Å². The summed E-state index contributed by atoms with van der Waals surface area (Å²) in [6.07, 6.45) is 7.02. The highest BCUT2D eigenvalue weighted by atomic mass is 16.5. The van der Waals surface area contributed by atoms with Gasteiger partial charge in [0.2, 0.25) is 11.8 Å². The number of amides is 3. The van der Waals surface area contributed by atoms with Crippen LogP contribution in [0, 0.1) is 0 Å². The predicted octanol–water partition coefficient (Wildman–Crippen LogP) is 3.25. The van der Waals surface area contributed by atoms with Crippen LogP contribution in [0.15, 0.2) is 18.2 Å². The Morgan fingerprint density at radius 2 is 1.91 bits per heavy atom. The van der Waals surface area contributed by atoms with Gasteiger partial charge in [0.1, 0.15) is 18.5 Å². The zero-order valence-corrected chi connectivity index (χ0v) is 19.6. The third-order valence-electron chi connectivity index (χ3n) is 6.91. The van der Waals surface area contributed by atoms with Crippen LogP contribution in [-0.2, 0) is 14.3 Å². The molecule has 33 heavy (non-hydrogen) atoms. The van der Waals surface area contributed by atoms with Crippen molar-refractivity contribution in [3.8, 4) is 5.75 Å². The number of nitrogens with one attached hydrogen (secondary N) is 2. The first-order valence-electron chi connectivity index (χ1n) is 12.2. The second kappa shape index (κ2) is 10.5. The molecular formula is C25H35N3O5. The van der Waals surface area contributed by atoms with Crippen molar-refractivity contribution in [2.45, 2.75) is 89.0 Å². The van der Waals surface area contributed by atoms with Crippen molar-refractivity contribution in [1.29, 1.82) is 0 Å². The van der Waals surface area contributed by atoms with Crippen molar-refractivity contribution >= 4 is 23.4 Å². The van der Waals surface area contributed by atoms with Crippen molar-refractivity contribution in [1.82, 2.24) is 10.2 Å². The van der Waals surface area contributed by atoms with Gasteiger partial charge in [-0.1, -0.05) is 19.8 Å². The molecule has 1 aromatic rings. The van der Waals surface area contributed by atoms with Gasteiger partial charge in [-0.05, 0) is 50.3 Å². The smallest absolute Gasteiger partial charge is 0.257 e. The SMILES string of the molecule is CCCC(=O)Nc1ccc2c(c1)C(=O)N(C)[C@H]1CC[C@H](CC(=O)NC3CCCC3)O[C@H]1CO2. The van der Waals surface area contributed by atoms with Gasteiger partial charge in [-0.15, -0.1) is 0 Å². The molecule has 1 aliphatic carbocycles. The molecule has 8 nitrogen and oxygen atoms in total. The number of likely N-dealkylation sites (N-methyl/N-ethyl adjacent to an activating group) is 1. The molecule has 8 heteroatoms. The lowest BCUT2D eigenvalue weighted by atomic mass is 9.94. The number of hydrogen-bond acceptors (Lipinski definition) is 5. The van der Waals surface area contributed by atoms with E-state index >= 15 is 0 Å². The highest BCUT2D eigenvalue weighted by Gasteiger charge is 2.39. The van der Waals surface area contributed by atoms with E-state index in [1.807, 2.05) is 6.92 Å². The summed E-state index contributed by atoms with van der Waals surface area (Å²) in [4.78, 5) is 39.4. The fraction of sp³-hybridized carbons (Fsp3) is 0.640. The molecule has 0 spiro atoms. The summed E-state index contributed by atoms with van der Waals surface area (Å²) in [6, 6.07) is 5.32. The topological polar surface area (TPSA) is 97.0 Å². The fourth-order valence-electron chi connectivity index (χ4n) is 5.12. The lowest BCUT2D eigenvalue weighted by Gasteiger charge is -2.42. The number of carbonyl (C=O) groups excluding carboxylic acids is 3. The van der Waals surface area contributed by atoms with Gasteiger partial charge < -0.3 is 25.0 Å². The average molecular weight is 458 g/mol. The van der Waals surface area contributed by atoms with Gasteiger partial charge in [0.15, 0.2) is 0 Å². The molecule has 0 aromatic heterocycles. The van der Waals surface area contributed by atoms with E-state index in [-0.39, 0.29) is 36.0 Å². The second-order valence-electron chi connectivity index (χ2n) is 9.43. The first-order chi connectivity index (χ1) is 15.9. The van der Waals surface area contributed by atoms with Crippen LogP contribution in [0.2, 0.25) is 0 Å². The van der Waals surface area contributed by atoms with Gasteiger partial charge >= 0.3 is 0 Å². The zero-order chi connectivity index (χ0) is 23.4. The molecule has 2 heterocycles. The maximum Gasteiger partial charge on any atom is 0.257 e. The first-order valence-corrected chi connectivity index (χ1v) is 12.2. The Morgan fingerprint density at radius 3 is 2.67 bits per heavy atom. The molecule has 2 aliphatic heterocycles. The van der Waals surface area contributed by atoms with E-state index in [0.717, 1.165) is 32.1 Å². The summed E-state index contributed by atoms with van der Waals surface area (Å²) in [7, 11) is 1.79. The molecule has 1 saturated carbocycles. The van der Waals surface area contributed by atoms with Crippen molar-refractivity contribution < 1.29 is 23.9 Å². The Balaban J connectivity index is 1.41. The summed E-state index contributed by atoms with van der Waals surface area (Å²) in [5.74, 6) is 0.286. The maximum atomic E-state index is 13.3. The van der Waals surface area contributed by atoms with Gasteiger partial charge in [0, 0.05) is 25.2 Å². The Hall–Kier alpha value is -2.61. The highest BCUT2D eigenvalue weighted by Crippen LogP contribution is 2.32. The monoisotopic (exact) mass is 457 g/mol. The molecule has 0 unspecified atom stereocenters. The number of carbonyl (C=O) groups is 3. The molecule has 2 N–H and O–H groups in total. The van der Waals surface area contributed by atoms with Gasteiger partial charge in [-0.3, -0.25) is 14.4 Å². The van der Waals surface area contributed by atoms with E-state index in [1.165, 1.54) is 12.8 Å². The maximum absolute atomic E-state index is 13.3. The normalized spacial score (nSPS) is 25.3. The standard InChI is InChI=1S/C25H35N3O5/c1-3-6-23(29)27-17-9-12-21-19(13-17)25(31)28(2)20-11-10-18(33-22(20)15-32-21)14-24(30)26-16-7-4-5-8-16/h9,12-13,16,18,20,22H,3-8,10-11,14-15H2,1-2H3,(H,26,30)(H,27,29)/t18-,20+,22+/m1/s1. The van der Waals surface area contributed by atoms with E-state index in [2.05, 4.69) is 10.6 Å². The van der Waals surface area contributed by atoms with Crippen molar-refractivity contribution in [3.63, 3.8) is 0 Å². The van der Waals surface area contributed by atoms with Gasteiger partial charge in [0.25, 0.3) is 5.91 Å². The lowest BCUT2D eigenvalue weighted by molar-refractivity contribution is -0.134. The summed E-state index contributed by atoms with van der Waals surface area (Å²) in [6.45, 7) is 2.25. The molecule has 3 aliphatic rings. The highest BCUT2D eigenvalue weighted by molar-refractivity contribution is 5.99. The molecule has 180 valence electrons. The first kappa shape index (κ1) is 23.5. The summed E-state index contributed by atoms with van der Waals surface area (Å²) >= 11 is 0. The third kappa shape index (κ3) is 5.66. The zero-order valence-electron chi connectivity index (χ0n) is 19.6. The van der Waals surface area contributed by atoms with Gasteiger partial charge in [-0.2, -0.15) is 0 Å². The van der Waals surface area contributed by atoms with E-state index in [4.69, 9.17) is 9.47 Å².